The van der Waals surface area contributed by atoms with Crippen molar-refractivity contribution in [2.75, 3.05) is 6.61 Å². The zero-order valence-corrected chi connectivity index (χ0v) is 17.2. The monoisotopic (exact) mass is 434 g/mol. The molecule has 2 atom stereocenters. The van der Waals surface area contributed by atoms with Crippen molar-refractivity contribution < 1.29 is 19.5 Å². The number of halogens is 1. The maximum Gasteiger partial charge on any atom is 0.258 e. The molecule has 2 amide bonds. The Labute approximate surface area is 177 Å². The average molecular weight is 435 g/mol. The molecule has 1 saturated heterocycles. The second-order valence-corrected chi connectivity index (χ2v) is 8.79. The lowest BCUT2D eigenvalue weighted by molar-refractivity contribution is -0.146. The fourth-order valence-corrected chi connectivity index (χ4v) is 3.92. The van der Waals surface area contributed by atoms with Crippen molar-refractivity contribution in [3.8, 4) is 5.69 Å². The molecule has 11 heteroatoms. The zero-order valence-electron chi connectivity index (χ0n) is 16.5. The summed E-state index contributed by atoms with van der Waals surface area (Å²) in [6.45, 7) is 2.39. The van der Waals surface area contributed by atoms with Crippen LogP contribution in [0.25, 0.3) is 5.69 Å². The van der Waals surface area contributed by atoms with Gasteiger partial charge in [-0.1, -0.05) is 18.5 Å². The summed E-state index contributed by atoms with van der Waals surface area (Å²) in [5, 5.41) is 25.5. The quantitative estimate of drug-likeness (QED) is 0.580. The number of hydrogen-bond acceptors (Lipinski definition) is 8. The Morgan fingerprint density at radius 2 is 2.27 bits per heavy atom. The van der Waals surface area contributed by atoms with E-state index in [1.807, 2.05) is 6.92 Å². The molecule has 10 nitrogen and oxygen atoms in total. The van der Waals surface area contributed by atoms with E-state index in [1.54, 1.807) is 18.2 Å². The van der Waals surface area contributed by atoms with E-state index < -0.39 is 23.5 Å². The van der Waals surface area contributed by atoms with E-state index in [-0.39, 0.29) is 18.3 Å². The molecule has 1 unspecified atom stereocenters. The van der Waals surface area contributed by atoms with Crippen molar-refractivity contribution in [2.24, 2.45) is 5.41 Å². The number of hydroxylamine groups is 1. The van der Waals surface area contributed by atoms with Gasteiger partial charge in [-0.05, 0) is 65.3 Å². The van der Waals surface area contributed by atoms with Gasteiger partial charge in [-0.25, -0.2) is 4.68 Å². The van der Waals surface area contributed by atoms with E-state index >= 15 is 0 Å². The first-order chi connectivity index (χ1) is 14.3. The average Bonchev–Trinajstić information content (AvgIpc) is 3.15. The molecule has 4 rings (SSSR count). The molecular formula is C19H23ClN6O4. The van der Waals surface area contributed by atoms with Crippen LogP contribution in [-0.2, 0) is 20.8 Å². The molecule has 2 heterocycles. The minimum absolute atomic E-state index is 0.0496. The number of aliphatic hydroxyl groups is 1. The highest BCUT2D eigenvalue weighted by Crippen LogP contribution is 2.51. The van der Waals surface area contributed by atoms with E-state index in [1.165, 1.54) is 11.0 Å². The highest BCUT2D eigenvalue weighted by atomic mass is 35.5. The van der Waals surface area contributed by atoms with Crippen molar-refractivity contribution in [1.29, 1.82) is 0 Å². The van der Waals surface area contributed by atoms with E-state index in [0.29, 0.717) is 29.3 Å². The number of carbonyl (C=O) groups excluding carboxylic acids is 2. The molecule has 3 N–H and O–H groups in total. The summed E-state index contributed by atoms with van der Waals surface area (Å²) < 4.78 is 1.44. The van der Waals surface area contributed by atoms with Gasteiger partial charge in [0.05, 0.1) is 12.3 Å². The second-order valence-electron chi connectivity index (χ2n) is 8.35. The Morgan fingerprint density at radius 1 is 1.47 bits per heavy atom. The van der Waals surface area contributed by atoms with E-state index in [0.717, 1.165) is 12.8 Å². The van der Waals surface area contributed by atoms with Crippen LogP contribution in [0.15, 0.2) is 24.5 Å². The molecule has 2 aliphatic rings. The molecule has 2 fully saturated rings. The third kappa shape index (κ3) is 4.51. The molecule has 1 saturated carbocycles. The number of nitrogens with one attached hydrogen (secondary N) is 2. The van der Waals surface area contributed by atoms with Gasteiger partial charge >= 0.3 is 0 Å². The first-order valence-corrected chi connectivity index (χ1v) is 10.1. The molecule has 1 aromatic carbocycles. The van der Waals surface area contributed by atoms with Crippen LogP contribution in [0.1, 0.15) is 38.2 Å². The van der Waals surface area contributed by atoms with Gasteiger partial charge in [0, 0.05) is 11.4 Å². The van der Waals surface area contributed by atoms with Crippen molar-refractivity contribution in [3.63, 3.8) is 0 Å². The van der Waals surface area contributed by atoms with Crippen molar-refractivity contribution in [1.82, 2.24) is 31.0 Å². The predicted octanol–water partition coefficient (Wildman–Crippen LogP) is 0.716. The number of aromatic nitrogens is 4. The summed E-state index contributed by atoms with van der Waals surface area (Å²) in [6, 6.07) is 4.44. The van der Waals surface area contributed by atoms with Crippen LogP contribution in [0.5, 0.6) is 0 Å². The van der Waals surface area contributed by atoms with Crippen LogP contribution in [0.4, 0.5) is 0 Å². The van der Waals surface area contributed by atoms with Crippen LogP contribution >= 0.6 is 11.6 Å². The zero-order chi connectivity index (χ0) is 21.4. The molecule has 0 spiro atoms. The summed E-state index contributed by atoms with van der Waals surface area (Å²) in [5.41, 5.74) is 1.78. The fourth-order valence-electron chi connectivity index (χ4n) is 3.72. The van der Waals surface area contributed by atoms with Gasteiger partial charge in [0.1, 0.15) is 18.0 Å². The van der Waals surface area contributed by atoms with Gasteiger partial charge in [-0.3, -0.25) is 14.9 Å². The third-order valence-electron chi connectivity index (χ3n) is 5.65. The van der Waals surface area contributed by atoms with Crippen LogP contribution in [0.3, 0.4) is 0 Å². The number of carbonyl (C=O) groups is 2. The van der Waals surface area contributed by atoms with Gasteiger partial charge < -0.3 is 9.94 Å². The lowest BCUT2D eigenvalue weighted by Gasteiger charge is -2.30. The van der Waals surface area contributed by atoms with Gasteiger partial charge in [0.25, 0.3) is 5.91 Å². The molecule has 160 valence electrons. The van der Waals surface area contributed by atoms with Gasteiger partial charge in [0.2, 0.25) is 5.91 Å². The van der Waals surface area contributed by atoms with Crippen LogP contribution in [0, 0.1) is 5.41 Å². The van der Waals surface area contributed by atoms with Gasteiger partial charge in [0.15, 0.2) is 0 Å². The second kappa shape index (κ2) is 8.03. The standard InChI is InChI=1S/C19H23ClN6O4/c1-18(5-6-18)10-19(29,17(28)22-16(27)14-4-7-30-23-14)9-12-8-13(20)2-3-15(12)26-11-21-24-25-26/h2-3,8,11,14,23,29H,4-7,9-10H2,1H3,(H,22,27,28)/t14?,19-/m0/s1. The van der Waals surface area contributed by atoms with Crippen molar-refractivity contribution in [3.05, 3.63) is 35.1 Å². The Hall–Kier alpha value is -2.40. The number of benzene rings is 1. The Bertz CT molecular complexity index is 943. The number of nitrogens with zero attached hydrogens (tertiary/aromatic N) is 4. The van der Waals surface area contributed by atoms with Gasteiger partial charge in [-0.15, -0.1) is 5.10 Å². The highest BCUT2D eigenvalue weighted by molar-refractivity contribution is 6.30. The van der Waals surface area contributed by atoms with Crippen molar-refractivity contribution in [2.45, 2.75) is 50.7 Å². The number of rotatable bonds is 7. The summed E-state index contributed by atoms with van der Waals surface area (Å²) in [5.74, 6) is -1.26. The van der Waals surface area contributed by atoms with Gasteiger partial charge in [-0.2, -0.15) is 5.48 Å². The van der Waals surface area contributed by atoms with E-state index in [2.05, 4.69) is 26.3 Å². The first-order valence-electron chi connectivity index (χ1n) is 9.75. The number of imide groups is 1. The normalized spacial score (nSPS) is 21.8. The van der Waals surface area contributed by atoms with Crippen molar-refractivity contribution >= 4 is 23.4 Å². The molecule has 1 aliphatic heterocycles. The summed E-state index contributed by atoms with van der Waals surface area (Å²) in [7, 11) is 0. The lowest BCUT2D eigenvalue weighted by Crippen LogP contribution is -2.54. The third-order valence-corrected chi connectivity index (χ3v) is 5.89. The topological polar surface area (TPSA) is 131 Å². The van der Waals surface area contributed by atoms with Crippen LogP contribution in [-0.4, -0.2) is 55.4 Å². The Morgan fingerprint density at radius 3 is 2.90 bits per heavy atom. The number of hydrogen-bond donors (Lipinski definition) is 3. The highest BCUT2D eigenvalue weighted by Gasteiger charge is 2.49. The maximum absolute atomic E-state index is 13.1. The van der Waals surface area contributed by atoms with Crippen LogP contribution < -0.4 is 10.8 Å². The van der Waals surface area contributed by atoms with E-state index in [4.69, 9.17) is 16.4 Å². The summed E-state index contributed by atoms with van der Waals surface area (Å²) >= 11 is 6.18. The molecule has 0 bridgehead atoms. The smallest absolute Gasteiger partial charge is 0.258 e. The summed E-state index contributed by atoms with van der Waals surface area (Å²) in [4.78, 5) is 30.5. The predicted molar refractivity (Wildman–Crippen MR) is 105 cm³/mol. The molecule has 2 aromatic rings. The molecule has 1 aliphatic carbocycles. The first kappa shape index (κ1) is 20.9. The van der Waals surface area contributed by atoms with Crippen LogP contribution in [0.2, 0.25) is 5.02 Å². The largest absolute Gasteiger partial charge is 0.380 e. The lowest BCUT2D eigenvalue weighted by atomic mass is 9.83. The fraction of sp³-hybridized carbons (Fsp3) is 0.526. The Balaban J connectivity index is 1.62. The molecule has 1 aromatic heterocycles. The molecule has 0 radical (unpaired) electrons. The SMILES string of the molecule is CC1(C[C@@](O)(Cc2cc(Cl)ccc2-n2cnnn2)C(=O)NC(=O)C2CCON2)CC1. The maximum atomic E-state index is 13.1. The molecular weight excluding hydrogens is 412 g/mol. The number of amides is 2. The molecule has 30 heavy (non-hydrogen) atoms. The van der Waals surface area contributed by atoms with E-state index in [9.17, 15) is 14.7 Å². The minimum atomic E-state index is -1.81. The number of tetrazole rings is 1. The summed E-state index contributed by atoms with van der Waals surface area (Å²) in [6.07, 6.45) is 3.85. The Kier molecular flexibility index (Phi) is 5.58. The minimum Gasteiger partial charge on any atom is -0.380 e.